The van der Waals surface area contributed by atoms with E-state index in [0.29, 0.717) is 5.56 Å². The van der Waals surface area contributed by atoms with Gasteiger partial charge in [0.15, 0.2) is 0 Å². The maximum Gasteiger partial charge on any atom is 0.262 e. The molecule has 1 amide bonds. The lowest BCUT2D eigenvalue weighted by Crippen LogP contribution is -2.43. The number of para-hydroxylation sites is 1. The minimum atomic E-state index is -0.278. The van der Waals surface area contributed by atoms with Gasteiger partial charge in [0.05, 0.1) is 5.56 Å². The minimum Gasteiger partial charge on any atom is -0.360 e. The highest BCUT2D eigenvalue weighted by atomic mass is 79.9. The largest absolute Gasteiger partial charge is 0.360 e. The van der Waals surface area contributed by atoms with Crippen LogP contribution in [-0.4, -0.2) is 5.91 Å². The van der Waals surface area contributed by atoms with Gasteiger partial charge in [0.1, 0.15) is 6.17 Å². The molecule has 0 radical (unpaired) electrons. The van der Waals surface area contributed by atoms with Gasteiger partial charge >= 0.3 is 0 Å². The van der Waals surface area contributed by atoms with Crippen molar-refractivity contribution in [3.63, 3.8) is 0 Å². The lowest BCUT2D eigenvalue weighted by Gasteiger charge is -2.38. The molecule has 1 aliphatic heterocycles. The van der Waals surface area contributed by atoms with Crippen molar-refractivity contribution >= 4 is 33.2 Å². The Bertz CT molecular complexity index is 968. The molecule has 0 saturated heterocycles. The first kappa shape index (κ1) is 17.8. The Hall–Kier alpha value is -2.59. The molecule has 4 rings (SSSR count). The van der Waals surface area contributed by atoms with Crippen LogP contribution in [0.2, 0.25) is 0 Å². The Morgan fingerprint density at radius 1 is 0.963 bits per heavy atom. The molecule has 0 bridgehead atoms. The Morgan fingerprint density at radius 3 is 2.41 bits per heavy atom. The van der Waals surface area contributed by atoms with Crippen LogP contribution in [0.15, 0.2) is 77.3 Å². The number of rotatable bonds is 4. The molecule has 27 heavy (non-hydrogen) atoms. The van der Waals surface area contributed by atoms with Gasteiger partial charge in [0, 0.05) is 21.4 Å². The van der Waals surface area contributed by atoms with Gasteiger partial charge in [-0.25, -0.2) is 0 Å². The third-order valence-electron chi connectivity index (χ3n) is 4.88. The fourth-order valence-electron chi connectivity index (χ4n) is 3.55. The Balaban J connectivity index is 1.82. The third-order valence-corrected chi connectivity index (χ3v) is 5.60. The summed E-state index contributed by atoms with van der Waals surface area (Å²) in [6.45, 7) is 2.17. The van der Waals surface area contributed by atoms with Gasteiger partial charge in [0.25, 0.3) is 5.91 Å². The lowest BCUT2D eigenvalue weighted by molar-refractivity contribution is 0.0975. The number of amides is 1. The first-order valence-corrected chi connectivity index (χ1v) is 10.0. The molecule has 0 aromatic heterocycles. The van der Waals surface area contributed by atoms with E-state index < -0.39 is 0 Å². The van der Waals surface area contributed by atoms with E-state index in [1.165, 1.54) is 5.56 Å². The van der Waals surface area contributed by atoms with Crippen molar-refractivity contribution in [1.29, 1.82) is 0 Å². The van der Waals surface area contributed by atoms with Crippen LogP contribution in [0, 0.1) is 0 Å². The molecular formula is C23H21BrN2O. The molecule has 0 spiro atoms. The van der Waals surface area contributed by atoms with Crippen molar-refractivity contribution in [2.45, 2.75) is 25.9 Å². The number of nitrogens with zero attached hydrogens (tertiary/aromatic N) is 1. The maximum atomic E-state index is 13.4. The number of halogens is 1. The molecule has 3 aromatic rings. The number of nitrogens with one attached hydrogen (secondary N) is 1. The number of fused-ring (bicyclic) bond motifs is 1. The van der Waals surface area contributed by atoms with Crippen molar-refractivity contribution < 1.29 is 4.79 Å². The number of hydrogen-bond acceptors (Lipinski definition) is 2. The average molecular weight is 421 g/mol. The van der Waals surface area contributed by atoms with Crippen LogP contribution in [0.4, 0.5) is 11.4 Å². The van der Waals surface area contributed by atoms with Crippen molar-refractivity contribution in [2.24, 2.45) is 0 Å². The number of carbonyl (C=O) groups is 1. The van der Waals surface area contributed by atoms with Crippen LogP contribution < -0.4 is 10.2 Å². The number of benzene rings is 3. The Kier molecular flexibility index (Phi) is 4.99. The number of carbonyl (C=O) groups excluding carboxylic acids is 1. The van der Waals surface area contributed by atoms with Gasteiger partial charge in [-0.2, -0.15) is 0 Å². The highest BCUT2D eigenvalue weighted by Crippen LogP contribution is 2.38. The molecule has 1 atom stereocenters. The summed E-state index contributed by atoms with van der Waals surface area (Å²) < 4.78 is 0.974. The SMILES string of the molecule is CCCc1ccc(N2C(=O)c3ccccc3NC2c2ccccc2Br)cc1. The van der Waals surface area contributed by atoms with E-state index in [9.17, 15) is 4.79 Å². The maximum absolute atomic E-state index is 13.4. The normalized spacial score (nSPS) is 16.0. The minimum absolute atomic E-state index is 0.00773. The van der Waals surface area contributed by atoms with Crippen molar-refractivity contribution in [1.82, 2.24) is 0 Å². The molecule has 0 saturated carbocycles. The van der Waals surface area contributed by atoms with Gasteiger partial charge in [-0.15, -0.1) is 0 Å². The van der Waals surface area contributed by atoms with Gasteiger partial charge in [-0.1, -0.05) is 71.7 Å². The fourth-order valence-corrected chi connectivity index (χ4v) is 4.05. The van der Waals surface area contributed by atoms with Gasteiger partial charge in [-0.3, -0.25) is 9.69 Å². The molecule has 1 heterocycles. The first-order chi connectivity index (χ1) is 13.2. The fraction of sp³-hybridized carbons (Fsp3) is 0.174. The summed E-state index contributed by atoms with van der Waals surface area (Å²) in [7, 11) is 0. The first-order valence-electron chi connectivity index (χ1n) is 9.21. The molecule has 1 unspecified atom stereocenters. The van der Waals surface area contributed by atoms with Gasteiger partial charge in [0.2, 0.25) is 0 Å². The van der Waals surface area contributed by atoms with Crippen molar-refractivity contribution in [3.05, 3.63) is 94.0 Å². The van der Waals surface area contributed by atoms with Crippen molar-refractivity contribution in [2.75, 3.05) is 10.2 Å². The molecular weight excluding hydrogens is 400 g/mol. The molecule has 3 aromatic carbocycles. The molecule has 136 valence electrons. The zero-order valence-electron chi connectivity index (χ0n) is 15.2. The van der Waals surface area contributed by atoms with E-state index >= 15 is 0 Å². The zero-order valence-corrected chi connectivity index (χ0v) is 16.7. The second-order valence-corrected chi connectivity index (χ2v) is 7.56. The highest BCUT2D eigenvalue weighted by Gasteiger charge is 2.34. The summed E-state index contributed by atoms with van der Waals surface area (Å²) in [5, 5.41) is 3.55. The summed E-state index contributed by atoms with van der Waals surface area (Å²) in [6, 6.07) is 24.0. The zero-order chi connectivity index (χ0) is 18.8. The van der Waals surface area contributed by atoms with Crippen molar-refractivity contribution in [3.8, 4) is 0 Å². The van der Waals surface area contributed by atoms with Crippen LogP contribution >= 0.6 is 15.9 Å². The smallest absolute Gasteiger partial charge is 0.262 e. The summed E-state index contributed by atoms with van der Waals surface area (Å²) in [4.78, 5) is 15.2. The predicted molar refractivity (Wildman–Crippen MR) is 114 cm³/mol. The van der Waals surface area contributed by atoms with Crippen LogP contribution in [-0.2, 0) is 6.42 Å². The summed E-state index contributed by atoms with van der Waals surface area (Å²) in [5.41, 5.74) is 4.76. The Labute approximate surface area is 168 Å². The number of aryl methyl sites for hydroxylation is 1. The van der Waals surface area contributed by atoms with E-state index in [1.54, 1.807) is 0 Å². The topological polar surface area (TPSA) is 32.3 Å². The second kappa shape index (κ2) is 7.57. The van der Waals surface area contributed by atoms with Crippen LogP contribution in [0.1, 0.15) is 41.0 Å². The van der Waals surface area contributed by atoms with Crippen LogP contribution in [0.5, 0.6) is 0 Å². The quantitative estimate of drug-likeness (QED) is 0.546. The van der Waals surface area contributed by atoms with E-state index in [4.69, 9.17) is 0 Å². The predicted octanol–water partition coefficient (Wildman–Crippen LogP) is 6.17. The van der Waals surface area contributed by atoms with Gasteiger partial charge in [-0.05, 0) is 42.3 Å². The summed E-state index contributed by atoms with van der Waals surface area (Å²) >= 11 is 3.65. The molecule has 4 heteroatoms. The third kappa shape index (κ3) is 3.37. The monoisotopic (exact) mass is 420 g/mol. The Morgan fingerprint density at radius 2 is 1.67 bits per heavy atom. The molecule has 3 nitrogen and oxygen atoms in total. The van der Waals surface area contributed by atoms with E-state index in [1.807, 2.05) is 65.6 Å². The highest BCUT2D eigenvalue weighted by molar-refractivity contribution is 9.10. The lowest BCUT2D eigenvalue weighted by atomic mass is 10.0. The van der Waals surface area contributed by atoms with E-state index in [0.717, 1.165) is 34.3 Å². The number of hydrogen-bond donors (Lipinski definition) is 1. The molecule has 0 aliphatic carbocycles. The summed E-state index contributed by atoms with van der Waals surface area (Å²) in [6.07, 6.45) is 1.87. The average Bonchev–Trinajstić information content (AvgIpc) is 2.69. The van der Waals surface area contributed by atoms with E-state index in [2.05, 4.69) is 40.3 Å². The van der Waals surface area contributed by atoms with Gasteiger partial charge < -0.3 is 5.32 Å². The molecule has 1 N–H and O–H groups in total. The summed E-state index contributed by atoms with van der Waals surface area (Å²) in [5.74, 6) is 0.00773. The van der Waals surface area contributed by atoms with E-state index in [-0.39, 0.29) is 12.1 Å². The van der Waals surface area contributed by atoms with Crippen LogP contribution in [0.3, 0.4) is 0 Å². The second-order valence-electron chi connectivity index (χ2n) is 6.71. The number of anilines is 2. The molecule has 1 aliphatic rings. The molecule has 0 fully saturated rings. The standard InChI is InChI=1S/C23H21BrN2O/c1-2-7-16-12-14-17(15-13-16)26-22(18-8-3-5-10-20(18)24)25-21-11-6-4-9-19(21)23(26)27/h3-6,8-15,22,25H,2,7H2,1H3. The van der Waals surface area contributed by atoms with Crippen LogP contribution in [0.25, 0.3) is 0 Å².